The molecule has 0 aromatic rings. The monoisotopic (exact) mass is 420 g/mol. The normalized spacial score (nSPS) is 36.1. The van der Waals surface area contributed by atoms with E-state index in [1.807, 2.05) is 0 Å². The third-order valence-corrected chi connectivity index (χ3v) is 8.49. The molecule has 0 spiro atoms. The van der Waals surface area contributed by atoms with Gasteiger partial charge in [-0.1, -0.05) is 12.8 Å². The fourth-order valence-electron chi connectivity index (χ4n) is 7.07. The van der Waals surface area contributed by atoms with Crippen molar-refractivity contribution >= 4 is 11.8 Å². The molecule has 0 unspecified atom stereocenters. The van der Waals surface area contributed by atoms with Crippen molar-refractivity contribution < 1.29 is 19.1 Å². The van der Waals surface area contributed by atoms with Crippen LogP contribution in [0.2, 0.25) is 0 Å². The summed E-state index contributed by atoms with van der Waals surface area (Å²) in [4.78, 5) is 24.2. The quantitative estimate of drug-likeness (QED) is 0.504. The maximum Gasteiger partial charge on any atom is 0.246 e. The smallest absolute Gasteiger partial charge is 0.246 e. The molecule has 4 saturated carbocycles. The molecule has 6 heteroatoms. The van der Waals surface area contributed by atoms with Crippen LogP contribution in [0.5, 0.6) is 0 Å². The van der Waals surface area contributed by atoms with E-state index in [2.05, 4.69) is 24.5 Å². The average molecular weight is 421 g/mol. The number of rotatable bonds is 11. The zero-order chi connectivity index (χ0) is 21.1. The molecule has 0 aliphatic heterocycles. The molecule has 8 atom stereocenters. The summed E-state index contributed by atoms with van der Waals surface area (Å²) >= 11 is 0. The van der Waals surface area contributed by atoms with E-state index in [1.165, 1.54) is 51.4 Å². The van der Waals surface area contributed by atoms with Gasteiger partial charge in [0.15, 0.2) is 0 Å². The Kier molecular flexibility index (Phi) is 7.35. The Bertz CT molecular complexity index is 560. The van der Waals surface area contributed by atoms with E-state index in [1.54, 1.807) is 0 Å². The fourth-order valence-corrected chi connectivity index (χ4v) is 7.07. The third-order valence-electron chi connectivity index (χ3n) is 8.49. The van der Waals surface area contributed by atoms with Gasteiger partial charge in [0.25, 0.3) is 0 Å². The summed E-state index contributed by atoms with van der Waals surface area (Å²) in [5.41, 5.74) is 0. The van der Waals surface area contributed by atoms with Gasteiger partial charge < -0.3 is 20.1 Å². The predicted molar refractivity (Wildman–Crippen MR) is 115 cm³/mol. The second kappa shape index (κ2) is 9.99. The van der Waals surface area contributed by atoms with Crippen LogP contribution in [0.1, 0.15) is 65.2 Å². The average Bonchev–Trinajstić information content (AvgIpc) is 3.51. The summed E-state index contributed by atoms with van der Waals surface area (Å²) in [5, 5.41) is 6.21. The molecule has 0 radical (unpaired) electrons. The van der Waals surface area contributed by atoms with E-state index in [0.29, 0.717) is 25.0 Å². The van der Waals surface area contributed by atoms with Gasteiger partial charge >= 0.3 is 0 Å². The maximum atomic E-state index is 12.1. The topological polar surface area (TPSA) is 76.7 Å². The molecule has 2 amide bonds. The maximum absolute atomic E-state index is 12.1. The largest absolute Gasteiger partial charge is 0.369 e. The molecule has 170 valence electrons. The summed E-state index contributed by atoms with van der Waals surface area (Å²) in [7, 11) is 0. The van der Waals surface area contributed by atoms with Crippen LogP contribution < -0.4 is 10.6 Å². The minimum atomic E-state index is -0.0531. The third kappa shape index (κ3) is 5.37. The SMILES string of the molecule is C[C@H](NC(=O)COCCOCC(=O)N[C@H](C)[C@@H]1C[C@H]2CC[C@H]1C2)[C@H]1C[C@H]2CC[C@H]1C2. The Morgan fingerprint density at radius 2 is 1.17 bits per heavy atom. The molecule has 0 aromatic heterocycles. The summed E-state index contributed by atoms with van der Waals surface area (Å²) in [6, 6.07) is 0.460. The van der Waals surface area contributed by atoms with E-state index in [4.69, 9.17) is 9.47 Å². The van der Waals surface area contributed by atoms with Gasteiger partial charge in [0.05, 0.1) is 13.2 Å². The molecule has 30 heavy (non-hydrogen) atoms. The highest BCUT2D eigenvalue weighted by molar-refractivity contribution is 5.77. The number of hydrogen-bond acceptors (Lipinski definition) is 4. The van der Waals surface area contributed by atoms with Gasteiger partial charge in [-0.3, -0.25) is 9.59 Å². The summed E-state index contributed by atoms with van der Waals surface area (Å²) in [5.74, 6) is 4.55. The summed E-state index contributed by atoms with van der Waals surface area (Å²) in [6.07, 6.45) is 10.7. The van der Waals surface area contributed by atoms with E-state index in [-0.39, 0.29) is 37.1 Å². The number of carbonyl (C=O) groups is 2. The molecule has 4 aliphatic rings. The molecule has 6 nitrogen and oxygen atoms in total. The second-order valence-electron chi connectivity index (χ2n) is 10.5. The first-order valence-corrected chi connectivity index (χ1v) is 12.2. The zero-order valence-corrected chi connectivity index (χ0v) is 18.7. The number of hydrogen-bond donors (Lipinski definition) is 2. The van der Waals surface area contributed by atoms with Crippen molar-refractivity contribution in [3.05, 3.63) is 0 Å². The lowest BCUT2D eigenvalue weighted by molar-refractivity contribution is -0.130. The Morgan fingerprint density at radius 3 is 1.50 bits per heavy atom. The van der Waals surface area contributed by atoms with E-state index >= 15 is 0 Å². The van der Waals surface area contributed by atoms with Gasteiger partial charge in [-0.15, -0.1) is 0 Å². The first kappa shape index (κ1) is 22.1. The van der Waals surface area contributed by atoms with Gasteiger partial charge in [-0.2, -0.15) is 0 Å². The Hall–Kier alpha value is -1.14. The zero-order valence-electron chi connectivity index (χ0n) is 18.7. The summed E-state index contributed by atoms with van der Waals surface area (Å²) in [6.45, 7) is 5.02. The molecule has 4 bridgehead atoms. The van der Waals surface area contributed by atoms with Crippen LogP contribution in [0.25, 0.3) is 0 Å². The number of nitrogens with one attached hydrogen (secondary N) is 2. The highest BCUT2D eigenvalue weighted by Gasteiger charge is 2.43. The minimum Gasteiger partial charge on any atom is -0.369 e. The van der Waals surface area contributed by atoms with Gasteiger partial charge in [-0.05, 0) is 87.9 Å². The van der Waals surface area contributed by atoms with Crippen LogP contribution in [-0.2, 0) is 19.1 Å². The standard InChI is InChI=1S/C24H40N2O4/c1-15(21-11-17-3-5-19(21)9-17)25-23(27)13-29-7-8-30-14-24(28)26-16(2)22-12-18-4-6-20(22)10-18/h15-22H,3-14H2,1-2H3,(H,25,27)(H,26,28)/t15-,16+,17-,18-,19-,20-,21+,22-/m0/s1. The van der Waals surface area contributed by atoms with Crippen LogP contribution in [-0.4, -0.2) is 50.3 Å². The van der Waals surface area contributed by atoms with Crippen molar-refractivity contribution in [3.63, 3.8) is 0 Å². The Morgan fingerprint density at radius 1 is 0.733 bits per heavy atom. The molecule has 4 rings (SSSR count). The lowest BCUT2D eigenvalue weighted by atomic mass is 9.84. The molecule has 0 saturated heterocycles. The molecular weight excluding hydrogens is 380 g/mol. The molecule has 4 aliphatic carbocycles. The predicted octanol–water partition coefficient (Wildman–Crippen LogP) is 2.90. The first-order valence-electron chi connectivity index (χ1n) is 12.2. The molecule has 0 aromatic carbocycles. The van der Waals surface area contributed by atoms with Crippen molar-refractivity contribution in [2.24, 2.45) is 35.5 Å². The van der Waals surface area contributed by atoms with Gasteiger partial charge in [-0.25, -0.2) is 0 Å². The van der Waals surface area contributed by atoms with Gasteiger partial charge in [0.1, 0.15) is 13.2 Å². The van der Waals surface area contributed by atoms with Crippen molar-refractivity contribution in [1.29, 1.82) is 0 Å². The number of carbonyl (C=O) groups excluding carboxylic acids is 2. The van der Waals surface area contributed by atoms with Crippen LogP contribution in [0, 0.1) is 35.5 Å². The minimum absolute atomic E-state index is 0.0531. The van der Waals surface area contributed by atoms with Crippen molar-refractivity contribution in [3.8, 4) is 0 Å². The number of fused-ring (bicyclic) bond motifs is 4. The van der Waals surface area contributed by atoms with Crippen LogP contribution in [0.3, 0.4) is 0 Å². The first-order chi connectivity index (χ1) is 14.5. The van der Waals surface area contributed by atoms with Crippen molar-refractivity contribution in [2.75, 3.05) is 26.4 Å². The Labute approximate surface area is 181 Å². The van der Waals surface area contributed by atoms with Gasteiger partial charge in [0, 0.05) is 12.1 Å². The lowest BCUT2D eigenvalue weighted by Crippen LogP contribution is -2.42. The number of ether oxygens (including phenoxy) is 2. The second-order valence-corrected chi connectivity index (χ2v) is 10.5. The van der Waals surface area contributed by atoms with Crippen LogP contribution in [0.15, 0.2) is 0 Å². The van der Waals surface area contributed by atoms with E-state index < -0.39 is 0 Å². The van der Waals surface area contributed by atoms with Gasteiger partial charge in [0.2, 0.25) is 11.8 Å². The van der Waals surface area contributed by atoms with Crippen molar-refractivity contribution in [1.82, 2.24) is 10.6 Å². The highest BCUT2D eigenvalue weighted by atomic mass is 16.5. The molecular formula is C24H40N2O4. The number of amides is 2. The van der Waals surface area contributed by atoms with E-state index in [0.717, 1.165) is 23.7 Å². The lowest BCUT2D eigenvalue weighted by Gasteiger charge is -2.28. The fraction of sp³-hybridized carbons (Fsp3) is 0.917. The van der Waals surface area contributed by atoms with Crippen molar-refractivity contribution in [2.45, 2.75) is 77.3 Å². The molecule has 4 fully saturated rings. The Balaban J connectivity index is 1.01. The van der Waals surface area contributed by atoms with Crippen LogP contribution in [0.4, 0.5) is 0 Å². The van der Waals surface area contributed by atoms with Crippen LogP contribution >= 0.6 is 0 Å². The van der Waals surface area contributed by atoms with E-state index in [9.17, 15) is 9.59 Å². The molecule has 2 N–H and O–H groups in total. The summed E-state index contributed by atoms with van der Waals surface area (Å²) < 4.78 is 10.9. The molecule has 0 heterocycles. The highest BCUT2D eigenvalue weighted by Crippen LogP contribution is 2.50.